The summed E-state index contributed by atoms with van der Waals surface area (Å²) >= 11 is 0. The van der Waals surface area contributed by atoms with Gasteiger partial charge in [0.1, 0.15) is 11.6 Å². The highest BCUT2D eigenvalue weighted by molar-refractivity contribution is 5.80. The van der Waals surface area contributed by atoms with Gasteiger partial charge in [0.25, 0.3) is 0 Å². The number of phenols is 1. The van der Waals surface area contributed by atoms with E-state index in [1.54, 1.807) is 18.2 Å². The van der Waals surface area contributed by atoms with E-state index < -0.39 is 0 Å². The summed E-state index contributed by atoms with van der Waals surface area (Å²) < 4.78 is 0. The molecular formula is C14H13N3O. The third-order valence-electron chi connectivity index (χ3n) is 2.94. The molecule has 0 bridgehead atoms. The number of aromatic nitrogens is 2. The van der Waals surface area contributed by atoms with Crippen LogP contribution in [0.1, 0.15) is 5.56 Å². The van der Waals surface area contributed by atoms with Crippen molar-refractivity contribution in [1.82, 2.24) is 9.97 Å². The average Bonchev–Trinajstić information content (AvgIpc) is 2.75. The minimum absolute atomic E-state index is 0.0886. The van der Waals surface area contributed by atoms with Gasteiger partial charge < -0.3 is 15.8 Å². The Balaban J connectivity index is 2.16. The van der Waals surface area contributed by atoms with Crippen molar-refractivity contribution in [3.05, 3.63) is 42.0 Å². The van der Waals surface area contributed by atoms with Crippen LogP contribution < -0.4 is 5.73 Å². The fourth-order valence-corrected chi connectivity index (χ4v) is 1.96. The first kappa shape index (κ1) is 10.7. The number of nitrogen functional groups attached to an aromatic ring is 1. The molecule has 0 aliphatic carbocycles. The minimum atomic E-state index is 0.0886. The fraction of sp³-hybridized carbons (Fsp3) is 0.0714. The van der Waals surface area contributed by atoms with Crippen LogP contribution in [0.3, 0.4) is 0 Å². The fourth-order valence-electron chi connectivity index (χ4n) is 1.96. The second-order valence-corrected chi connectivity index (χ2v) is 4.38. The molecule has 0 spiro atoms. The molecule has 4 heteroatoms. The molecule has 0 aliphatic rings. The summed E-state index contributed by atoms with van der Waals surface area (Å²) in [6.07, 6.45) is 0. The Labute approximate surface area is 104 Å². The molecule has 2 aromatic carbocycles. The lowest BCUT2D eigenvalue weighted by molar-refractivity contribution is 0.478. The van der Waals surface area contributed by atoms with E-state index >= 15 is 0 Å². The topological polar surface area (TPSA) is 74.9 Å². The van der Waals surface area contributed by atoms with Gasteiger partial charge in [0.15, 0.2) is 0 Å². The SMILES string of the molecule is Cc1ccc2nc(-c3ccc(O)c(N)c3)[nH]c2c1. The van der Waals surface area contributed by atoms with E-state index in [0.29, 0.717) is 5.69 Å². The smallest absolute Gasteiger partial charge is 0.138 e. The first-order chi connectivity index (χ1) is 8.63. The monoisotopic (exact) mass is 239 g/mol. The number of aromatic hydroxyl groups is 1. The summed E-state index contributed by atoms with van der Waals surface area (Å²) in [5.74, 6) is 0.841. The Morgan fingerprint density at radius 1 is 1.17 bits per heavy atom. The number of benzene rings is 2. The van der Waals surface area contributed by atoms with Crippen LogP contribution in [0.15, 0.2) is 36.4 Å². The second-order valence-electron chi connectivity index (χ2n) is 4.38. The quantitative estimate of drug-likeness (QED) is 0.451. The summed E-state index contributed by atoms with van der Waals surface area (Å²) in [7, 11) is 0. The highest BCUT2D eigenvalue weighted by atomic mass is 16.3. The van der Waals surface area contributed by atoms with Crippen LogP contribution >= 0.6 is 0 Å². The number of H-pyrrole nitrogens is 1. The summed E-state index contributed by atoms with van der Waals surface area (Å²) in [5, 5.41) is 9.41. The molecule has 0 atom stereocenters. The van der Waals surface area contributed by atoms with Crippen molar-refractivity contribution in [2.45, 2.75) is 6.92 Å². The van der Waals surface area contributed by atoms with Gasteiger partial charge in [-0.25, -0.2) is 4.98 Å². The summed E-state index contributed by atoms with van der Waals surface area (Å²) in [6.45, 7) is 2.04. The number of fused-ring (bicyclic) bond motifs is 1. The van der Waals surface area contributed by atoms with Crippen LogP contribution in [-0.2, 0) is 0 Å². The number of phenolic OH excluding ortho intramolecular Hbond substituents is 1. The normalized spacial score (nSPS) is 10.9. The summed E-state index contributed by atoms with van der Waals surface area (Å²) in [5.41, 5.74) is 9.99. The molecule has 0 saturated heterocycles. The Bertz CT molecular complexity index is 731. The molecule has 0 unspecified atom stereocenters. The number of nitrogens with one attached hydrogen (secondary N) is 1. The van der Waals surface area contributed by atoms with Gasteiger partial charge in [0.2, 0.25) is 0 Å². The molecule has 3 rings (SSSR count). The first-order valence-corrected chi connectivity index (χ1v) is 5.69. The van der Waals surface area contributed by atoms with Crippen LogP contribution in [0.2, 0.25) is 0 Å². The zero-order valence-corrected chi connectivity index (χ0v) is 9.94. The molecule has 0 aliphatic heterocycles. The average molecular weight is 239 g/mol. The second kappa shape index (κ2) is 3.77. The van der Waals surface area contributed by atoms with E-state index in [1.807, 2.05) is 19.1 Å². The van der Waals surface area contributed by atoms with Crippen molar-refractivity contribution in [2.75, 3.05) is 5.73 Å². The molecule has 0 amide bonds. The maximum Gasteiger partial charge on any atom is 0.138 e. The van der Waals surface area contributed by atoms with E-state index in [0.717, 1.165) is 22.4 Å². The number of aryl methyl sites for hydroxylation is 1. The predicted molar refractivity (Wildman–Crippen MR) is 72.3 cm³/mol. The summed E-state index contributed by atoms with van der Waals surface area (Å²) in [6, 6.07) is 11.1. The van der Waals surface area contributed by atoms with Crippen molar-refractivity contribution in [3.8, 4) is 17.1 Å². The van der Waals surface area contributed by atoms with Gasteiger partial charge in [-0.2, -0.15) is 0 Å². The Kier molecular flexibility index (Phi) is 2.23. The highest BCUT2D eigenvalue weighted by Crippen LogP contribution is 2.27. The maximum absolute atomic E-state index is 9.41. The van der Waals surface area contributed by atoms with Crippen molar-refractivity contribution in [2.24, 2.45) is 0 Å². The molecule has 90 valence electrons. The molecule has 0 radical (unpaired) electrons. The third-order valence-corrected chi connectivity index (χ3v) is 2.94. The molecule has 3 aromatic rings. The predicted octanol–water partition coefficient (Wildman–Crippen LogP) is 2.83. The maximum atomic E-state index is 9.41. The molecule has 0 saturated carbocycles. The number of imidazole rings is 1. The lowest BCUT2D eigenvalue weighted by Crippen LogP contribution is -1.87. The van der Waals surface area contributed by atoms with E-state index in [9.17, 15) is 5.11 Å². The lowest BCUT2D eigenvalue weighted by atomic mass is 10.2. The molecule has 4 nitrogen and oxygen atoms in total. The Morgan fingerprint density at radius 2 is 2.00 bits per heavy atom. The first-order valence-electron chi connectivity index (χ1n) is 5.69. The number of nitrogens with zero attached hydrogens (tertiary/aromatic N) is 1. The van der Waals surface area contributed by atoms with Crippen LogP contribution in [0, 0.1) is 6.92 Å². The van der Waals surface area contributed by atoms with Crippen LogP contribution in [-0.4, -0.2) is 15.1 Å². The van der Waals surface area contributed by atoms with E-state index in [1.165, 1.54) is 5.56 Å². The van der Waals surface area contributed by atoms with E-state index in [-0.39, 0.29) is 5.75 Å². The number of nitrogens with two attached hydrogens (primary N) is 1. The van der Waals surface area contributed by atoms with Crippen LogP contribution in [0.5, 0.6) is 5.75 Å². The molecule has 0 fully saturated rings. The van der Waals surface area contributed by atoms with Gasteiger partial charge in [-0.3, -0.25) is 0 Å². The molecule has 18 heavy (non-hydrogen) atoms. The van der Waals surface area contributed by atoms with E-state index in [2.05, 4.69) is 16.0 Å². The van der Waals surface area contributed by atoms with E-state index in [4.69, 9.17) is 5.73 Å². The van der Waals surface area contributed by atoms with Gasteiger partial charge in [0.05, 0.1) is 16.7 Å². The molecular weight excluding hydrogens is 226 g/mol. The standard InChI is InChI=1S/C14H13N3O/c1-8-2-4-11-12(6-8)17-14(16-11)9-3-5-13(18)10(15)7-9/h2-7,18H,15H2,1H3,(H,16,17). The highest BCUT2D eigenvalue weighted by Gasteiger charge is 2.07. The molecule has 1 aromatic heterocycles. The van der Waals surface area contributed by atoms with Crippen molar-refractivity contribution >= 4 is 16.7 Å². The number of aromatic amines is 1. The number of hydrogen-bond acceptors (Lipinski definition) is 3. The zero-order chi connectivity index (χ0) is 12.7. The molecule has 1 heterocycles. The van der Waals surface area contributed by atoms with Crippen LogP contribution in [0.4, 0.5) is 5.69 Å². The number of anilines is 1. The van der Waals surface area contributed by atoms with Crippen molar-refractivity contribution in [1.29, 1.82) is 0 Å². The minimum Gasteiger partial charge on any atom is -0.506 e. The molecule has 4 N–H and O–H groups in total. The van der Waals surface area contributed by atoms with Crippen molar-refractivity contribution in [3.63, 3.8) is 0 Å². The lowest BCUT2D eigenvalue weighted by Gasteiger charge is -2.00. The number of hydrogen-bond donors (Lipinski definition) is 3. The third kappa shape index (κ3) is 1.68. The van der Waals surface area contributed by atoms with Gasteiger partial charge >= 0.3 is 0 Å². The van der Waals surface area contributed by atoms with Crippen molar-refractivity contribution < 1.29 is 5.11 Å². The van der Waals surface area contributed by atoms with Gasteiger partial charge in [0, 0.05) is 5.56 Å². The summed E-state index contributed by atoms with van der Waals surface area (Å²) in [4.78, 5) is 7.75. The van der Waals surface area contributed by atoms with Crippen LogP contribution in [0.25, 0.3) is 22.4 Å². The largest absolute Gasteiger partial charge is 0.506 e. The van der Waals surface area contributed by atoms with Gasteiger partial charge in [-0.15, -0.1) is 0 Å². The Hall–Kier alpha value is -2.49. The van der Waals surface area contributed by atoms with Gasteiger partial charge in [-0.1, -0.05) is 6.07 Å². The number of rotatable bonds is 1. The zero-order valence-electron chi connectivity index (χ0n) is 9.94. The Morgan fingerprint density at radius 3 is 2.78 bits per heavy atom. The van der Waals surface area contributed by atoms with Gasteiger partial charge in [-0.05, 0) is 42.8 Å².